The second-order valence-electron chi connectivity index (χ2n) is 4.28. The Morgan fingerprint density at radius 2 is 2.24 bits per heavy atom. The van der Waals surface area contributed by atoms with E-state index >= 15 is 0 Å². The summed E-state index contributed by atoms with van der Waals surface area (Å²) in [6.45, 7) is 4.02. The normalized spacial score (nSPS) is 10.7. The lowest BCUT2D eigenvalue weighted by Gasteiger charge is -2.11. The number of ether oxygens (including phenoxy) is 1. The molecule has 6 heteroatoms. The highest BCUT2D eigenvalue weighted by molar-refractivity contribution is 14.1. The number of halogens is 2. The van der Waals surface area contributed by atoms with E-state index in [0.29, 0.717) is 12.4 Å². The van der Waals surface area contributed by atoms with E-state index in [0.717, 1.165) is 13.6 Å². The fourth-order valence-electron chi connectivity index (χ4n) is 1.49. The molecule has 1 aromatic carbocycles. The molecule has 0 fully saturated rings. The van der Waals surface area contributed by atoms with Gasteiger partial charge in [0.15, 0.2) is 0 Å². The number of amides is 1. The minimum atomic E-state index is -0.324. The fraction of sp³-hybridized carbons (Fsp3) is 0.200. The highest BCUT2D eigenvalue weighted by Gasteiger charge is 2.13. The molecule has 21 heavy (non-hydrogen) atoms. The van der Waals surface area contributed by atoms with Gasteiger partial charge in [-0.3, -0.25) is 4.79 Å². The van der Waals surface area contributed by atoms with Crippen LogP contribution in [0.2, 0.25) is 0 Å². The van der Waals surface area contributed by atoms with Crippen LogP contribution in [0.25, 0.3) is 6.08 Å². The van der Waals surface area contributed by atoms with Crippen LogP contribution in [0.15, 0.2) is 34.8 Å². The molecule has 0 aromatic heterocycles. The molecule has 0 N–H and O–H groups in total. The average molecular weight is 461 g/mol. The standard InChI is InChI=1S/C15H14BrIN2O2/c1-4-5-21-14-12(16)7-10(8-13(14)17)6-11(9-18)15(20)19(2)3/h4,6-8H,1,5H2,2-3H3/b11-6-. The number of carbonyl (C=O) groups excluding carboxylic acids is 1. The molecule has 1 aromatic rings. The molecule has 0 spiro atoms. The number of nitrogens with zero attached hydrogens (tertiary/aromatic N) is 2. The van der Waals surface area contributed by atoms with Gasteiger partial charge in [0.05, 0.1) is 8.04 Å². The minimum absolute atomic E-state index is 0.0856. The van der Waals surface area contributed by atoms with Crippen molar-refractivity contribution >= 4 is 50.5 Å². The monoisotopic (exact) mass is 460 g/mol. The molecule has 0 saturated heterocycles. The van der Waals surface area contributed by atoms with Gasteiger partial charge in [-0.25, -0.2) is 0 Å². The lowest BCUT2D eigenvalue weighted by atomic mass is 10.1. The predicted octanol–water partition coefficient (Wildman–Crippen LogP) is 3.61. The van der Waals surface area contributed by atoms with Gasteiger partial charge in [-0.05, 0) is 62.3 Å². The van der Waals surface area contributed by atoms with Crippen LogP contribution in [0.4, 0.5) is 0 Å². The van der Waals surface area contributed by atoms with E-state index in [1.54, 1.807) is 32.3 Å². The molecule has 110 valence electrons. The van der Waals surface area contributed by atoms with E-state index in [4.69, 9.17) is 10.00 Å². The topological polar surface area (TPSA) is 53.3 Å². The van der Waals surface area contributed by atoms with E-state index in [1.807, 2.05) is 12.1 Å². The van der Waals surface area contributed by atoms with Gasteiger partial charge >= 0.3 is 0 Å². The predicted molar refractivity (Wildman–Crippen MR) is 94.8 cm³/mol. The van der Waals surface area contributed by atoms with Crippen molar-refractivity contribution in [2.45, 2.75) is 0 Å². The molecule has 0 saturated carbocycles. The largest absolute Gasteiger partial charge is 0.487 e. The number of rotatable bonds is 5. The van der Waals surface area contributed by atoms with Crippen LogP contribution in [0.5, 0.6) is 5.75 Å². The minimum Gasteiger partial charge on any atom is -0.487 e. The van der Waals surface area contributed by atoms with Gasteiger partial charge in [0.2, 0.25) is 0 Å². The molecular formula is C15H14BrIN2O2. The van der Waals surface area contributed by atoms with Crippen LogP contribution in [0.3, 0.4) is 0 Å². The SMILES string of the molecule is C=CCOc1c(Br)cc(/C=C(/C#N)C(=O)N(C)C)cc1I. The van der Waals surface area contributed by atoms with E-state index < -0.39 is 0 Å². The van der Waals surface area contributed by atoms with E-state index in [9.17, 15) is 4.79 Å². The van der Waals surface area contributed by atoms with Crippen LogP contribution in [-0.4, -0.2) is 31.5 Å². The quantitative estimate of drug-likeness (QED) is 0.292. The van der Waals surface area contributed by atoms with Crippen molar-refractivity contribution in [1.29, 1.82) is 5.26 Å². The molecule has 1 amide bonds. The summed E-state index contributed by atoms with van der Waals surface area (Å²) in [5.41, 5.74) is 0.839. The molecule has 0 heterocycles. The van der Waals surface area contributed by atoms with Crippen LogP contribution in [-0.2, 0) is 4.79 Å². The molecule has 0 aliphatic heterocycles. The Kier molecular flexibility index (Phi) is 6.92. The number of likely N-dealkylation sites (N-methyl/N-ethyl adjacent to an activating group) is 1. The number of nitriles is 1. The van der Waals surface area contributed by atoms with Gasteiger partial charge in [0.25, 0.3) is 5.91 Å². The first-order valence-corrected chi connectivity index (χ1v) is 7.84. The molecule has 0 bridgehead atoms. The Bertz CT molecular complexity index is 610. The lowest BCUT2D eigenvalue weighted by molar-refractivity contribution is -0.124. The van der Waals surface area contributed by atoms with Crippen LogP contribution >= 0.6 is 38.5 Å². The van der Waals surface area contributed by atoms with Crippen LogP contribution in [0.1, 0.15) is 5.56 Å². The summed E-state index contributed by atoms with van der Waals surface area (Å²) >= 11 is 5.58. The molecule has 0 atom stereocenters. The lowest BCUT2D eigenvalue weighted by Crippen LogP contribution is -2.22. The van der Waals surface area contributed by atoms with Crippen molar-refractivity contribution in [3.8, 4) is 11.8 Å². The second kappa shape index (κ2) is 8.20. The number of hydrogen-bond acceptors (Lipinski definition) is 3. The molecule has 0 aliphatic carbocycles. The maximum Gasteiger partial charge on any atom is 0.264 e. The molecule has 0 aliphatic rings. The average Bonchev–Trinajstić information content (AvgIpc) is 2.43. The Balaban J connectivity index is 3.19. The third-order valence-electron chi connectivity index (χ3n) is 2.43. The smallest absolute Gasteiger partial charge is 0.264 e. The van der Waals surface area contributed by atoms with E-state index in [1.165, 1.54) is 4.90 Å². The Morgan fingerprint density at radius 3 is 2.71 bits per heavy atom. The molecule has 4 nitrogen and oxygen atoms in total. The Morgan fingerprint density at radius 1 is 1.57 bits per heavy atom. The third-order valence-corrected chi connectivity index (χ3v) is 3.82. The zero-order valence-electron chi connectivity index (χ0n) is 11.7. The Labute approximate surface area is 146 Å². The van der Waals surface area contributed by atoms with Gasteiger partial charge < -0.3 is 9.64 Å². The number of carbonyl (C=O) groups is 1. The van der Waals surface area contributed by atoms with Crippen molar-refractivity contribution in [2.75, 3.05) is 20.7 Å². The third kappa shape index (κ3) is 4.86. The number of hydrogen-bond donors (Lipinski definition) is 0. The van der Waals surface area contributed by atoms with Crippen LogP contribution in [0, 0.1) is 14.9 Å². The second-order valence-corrected chi connectivity index (χ2v) is 6.30. The molecule has 0 unspecified atom stereocenters. The van der Waals surface area contributed by atoms with Gasteiger partial charge in [-0.2, -0.15) is 5.26 Å². The summed E-state index contributed by atoms with van der Waals surface area (Å²) in [7, 11) is 3.22. The highest BCUT2D eigenvalue weighted by atomic mass is 127. The van der Waals surface area contributed by atoms with Crippen LogP contribution < -0.4 is 4.74 Å². The first-order valence-electron chi connectivity index (χ1n) is 5.97. The molecular weight excluding hydrogens is 447 g/mol. The Hall–Kier alpha value is -1.33. The van der Waals surface area contributed by atoms with Crippen molar-refractivity contribution < 1.29 is 9.53 Å². The summed E-state index contributed by atoms with van der Waals surface area (Å²) in [5, 5.41) is 9.10. The zero-order chi connectivity index (χ0) is 16.0. The van der Waals surface area contributed by atoms with Gasteiger partial charge in [0.1, 0.15) is 24.0 Å². The van der Waals surface area contributed by atoms with E-state index in [2.05, 4.69) is 45.1 Å². The van der Waals surface area contributed by atoms with Crippen molar-refractivity contribution in [3.63, 3.8) is 0 Å². The first kappa shape index (κ1) is 17.7. The highest BCUT2D eigenvalue weighted by Crippen LogP contribution is 2.32. The van der Waals surface area contributed by atoms with Crippen molar-refractivity contribution in [3.05, 3.63) is 44.0 Å². The zero-order valence-corrected chi connectivity index (χ0v) is 15.4. The van der Waals surface area contributed by atoms with Gasteiger partial charge in [-0.1, -0.05) is 12.7 Å². The maximum atomic E-state index is 11.8. The maximum absolute atomic E-state index is 11.8. The summed E-state index contributed by atoms with van der Waals surface area (Å²) < 4.78 is 7.20. The van der Waals surface area contributed by atoms with Crippen molar-refractivity contribution in [2.24, 2.45) is 0 Å². The molecule has 1 rings (SSSR count). The summed E-state index contributed by atoms with van der Waals surface area (Å²) in [4.78, 5) is 13.2. The fourth-order valence-corrected chi connectivity index (χ4v) is 3.26. The number of benzene rings is 1. The molecule has 0 radical (unpaired) electrons. The summed E-state index contributed by atoms with van der Waals surface area (Å²) in [6, 6.07) is 5.58. The van der Waals surface area contributed by atoms with Gasteiger partial charge in [-0.15, -0.1) is 0 Å². The summed E-state index contributed by atoms with van der Waals surface area (Å²) in [6.07, 6.45) is 3.23. The van der Waals surface area contributed by atoms with Gasteiger partial charge in [0, 0.05) is 14.1 Å². The summed E-state index contributed by atoms with van der Waals surface area (Å²) in [5.74, 6) is 0.390. The first-order chi connectivity index (χ1) is 9.90. The van der Waals surface area contributed by atoms with Crippen molar-refractivity contribution in [1.82, 2.24) is 4.90 Å². The van der Waals surface area contributed by atoms with E-state index in [-0.39, 0.29) is 11.5 Å².